The molecule has 1 atom stereocenters. The summed E-state index contributed by atoms with van der Waals surface area (Å²) in [5.41, 5.74) is 7.40. The Kier molecular flexibility index (Phi) is 5.47. The van der Waals surface area contributed by atoms with E-state index in [0.29, 0.717) is 0 Å². The van der Waals surface area contributed by atoms with Crippen LogP contribution in [0.15, 0.2) is 22.7 Å². The van der Waals surface area contributed by atoms with Gasteiger partial charge in [-0.3, -0.25) is 0 Å². The van der Waals surface area contributed by atoms with Gasteiger partial charge in [0.25, 0.3) is 0 Å². The molecule has 0 saturated heterocycles. The van der Waals surface area contributed by atoms with Crippen LogP contribution < -0.4 is 10.5 Å². The molecule has 2 N–H and O–H groups in total. The van der Waals surface area contributed by atoms with Crippen LogP contribution in [-0.4, -0.2) is 13.7 Å². The van der Waals surface area contributed by atoms with E-state index in [1.165, 1.54) is 12.0 Å². The number of benzene rings is 1. The summed E-state index contributed by atoms with van der Waals surface area (Å²) in [5, 5.41) is 0. The standard InChI is InChI=1S/C14H22BrNO/c1-4-7-14(2,10-16)9-11-5-6-13(17-3)12(15)8-11/h5-6,8H,4,7,9-10,16H2,1-3H3. The lowest BCUT2D eigenvalue weighted by molar-refractivity contribution is 0.302. The van der Waals surface area contributed by atoms with Crippen LogP contribution in [0.3, 0.4) is 0 Å². The summed E-state index contributed by atoms with van der Waals surface area (Å²) in [4.78, 5) is 0. The van der Waals surface area contributed by atoms with E-state index in [1.54, 1.807) is 7.11 Å². The smallest absolute Gasteiger partial charge is 0.133 e. The van der Waals surface area contributed by atoms with Crippen molar-refractivity contribution in [2.24, 2.45) is 11.1 Å². The van der Waals surface area contributed by atoms with Crippen LogP contribution in [0, 0.1) is 5.41 Å². The zero-order valence-electron chi connectivity index (χ0n) is 10.9. The molecule has 2 nitrogen and oxygen atoms in total. The zero-order chi connectivity index (χ0) is 12.9. The number of rotatable bonds is 6. The first-order valence-electron chi connectivity index (χ1n) is 6.07. The molecule has 0 saturated carbocycles. The van der Waals surface area contributed by atoms with Gasteiger partial charge in [-0.15, -0.1) is 0 Å². The van der Waals surface area contributed by atoms with Gasteiger partial charge in [0, 0.05) is 0 Å². The summed E-state index contributed by atoms with van der Waals surface area (Å²) in [6, 6.07) is 6.25. The van der Waals surface area contributed by atoms with Gasteiger partial charge in [-0.05, 0) is 58.4 Å². The normalized spacial score (nSPS) is 14.4. The van der Waals surface area contributed by atoms with E-state index in [2.05, 4.69) is 41.9 Å². The van der Waals surface area contributed by atoms with Crippen molar-refractivity contribution in [1.82, 2.24) is 0 Å². The molecule has 1 rings (SSSR count). The molecule has 3 heteroatoms. The molecule has 0 aliphatic carbocycles. The van der Waals surface area contributed by atoms with E-state index in [0.717, 1.165) is 29.6 Å². The molecule has 0 amide bonds. The number of hydrogen-bond acceptors (Lipinski definition) is 2. The lowest BCUT2D eigenvalue weighted by Crippen LogP contribution is -2.29. The molecule has 96 valence electrons. The van der Waals surface area contributed by atoms with E-state index < -0.39 is 0 Å². The maximum Gasteiger partial charge on any atom is 0.133 e. The van der Waals surface area contributed by atoms with Gasteiger partial charge in [0.1, 0.15) is 5.75 Å². The number of methoxy groups -OCH3 is 1. The van der Waals surface area contributed by atoms with Gasteiger partial charge in [-0.25, -0.2) is 0 Å². The third-order valence-electron chi connectivity index (χ3n) is 3.19. The van der Waals surface area contributed by atoms with Crippen LogP contribution in [0.25, 0.3) is 0 Å². The Labute approximate surface area is 113 Å². The van der Waals surface area contributed by atoms with Crippen molar-refractivity contribution in [2.75, 3.05) is 13.7 Å². The average Bonchev–Trinajstić information content (AvgIpc) is 2.29. The third-order valence-corrected chi connectivity index (χ3v) is 3.81. The van der Waals surface area contributed by atoms with Gasteiger partial charge < -0.3 is 10.5 Å². The molecule has 0 aliphatic rings. The highest BCUT2D eigenvalue weighted by atomic mass is 79.9. The van der Waals surface area contributed by atoms with Crippen molar-refractivity contribution in [2.45, 2.75) is 33.1 Å². The van der Waals surface area contributed by atoms with Crippen LogP contribution >= 0.6 is 15.9 Å². The minimum absolute atomic E-state index is 0.197. The second kappa shape index (κ2) is 6.41. The van der Waals surface area contributed by atoms with Gasteiger partial charge in [0.05, 0.1) is 11.6 Å². The summed E-state index contributed by atoms with van der Waals surface area (Å²) < 4.78 is 6.24. The number of nitrogens with two attached hydrogens (primary N) is 1. The third kappa shape index (κ3) is 4.00. The Hall–Kier alpha value is -0.540. The Bertz CT molecular complexity index is 367. The Morgan fingerprint density at radius 3 is 2.59 bits per heavy atom. The largest absolute Gasteiger partial charge is 0.496 e. The number of hydrogen-bond donors (Lipinski definition) is 1. The fourth-order valence-corrected chi connectivity index (χ4v) is 2.77. The molecule has 1 aromatic carbocycles. The fraction of sp³-hybridized carbons (Fsp3) is 0.571. The molecule has 0 fully saturated rings. The highest BCUT2D eigenvalue weighted by Crippen LogP contribution is 2.31. The maximum absolute atomic E-state index is 5.90. The van der Waals surface area contributed by atoms with Crippen LogP contribution in [0.4, 0.5) is 0 Å². The molecular formula is C14H22BrNO. The van der Waals surface area contributed by atoms with Crippen molar-refractivity contribution in [3.8, 4) is 5.75 Å². The van der Waals surface area contributed by atoms with Crippen molar-refractivity contribution >= 4 is 15.9 Å². The molecule has 0 radical (unpaired) electrons. The average molecular weight is 300 g/mol. The van der Waals surface area contributed by atoms with Crippen molar-refractivity contribution < 1.29 is 4.74 Å². The molecule has 0 aromatic heterocycles. The van der Waals surface area contributed by atoms with Crippen molar-refractivity contribution in [3.63, 3.8) is 0 Å². The molecule has 17 heavy (non-hydrogen) atoms. The Morgan fingerprint density at radius 2 is 2.12 bits per heavy atom. The van der Waals surface area contributed by atoms with Gasteiger partial charge in [-0.1, -0.05) is 26.3 Å². The Balaban J connectivity index is 2.83. The molecule has 0 spiro atoms. The minimum atomic E-state index is 0.197. The van der Waals surface area contributed by atoms with E-state index in [-0.39, 0.29) is 5.41 Å². The quantitative estimate of drug-likeness (QED) is 0.868. The molecule has 1 unspecified atom stereocenters. The topological polar surface area (TPSA) is 35.2 Å². The second-order valence-electron chi connectivity index (χ2n) is 4.91. The van der Waals surface area contributed by atoms with Gasteiger partial charge >= 0.3 is 0 Å². The summed E-state index contributed by atoms with van der Waals surface area (Å²) >= 11 is 3.52. The summed E-state index contributed by atoms with van der Waals surface area (Å²) in [6.07, 6.45) is 3.35. The minimum Gasteiger partial charge on any atom is -0.496 e. The number of halogens is 1. The highest BCUT2D eigenvalue weighted by molar-refractivity contribution is 9.10. The van der Waals surface area contributed by atoms with Crippen LogP contribution in [-0.2, 0) is 6.42 Å². The van der Waals surface area contributed by atoms with E-state index in [1.807, 2.05) is 6.07 Å². The van der Waals surface area contributed by atoms with E-state index in [9.17, 15) is 0 Å². The Morgan fingerprint density at radius 1 is 1.41 bits per heavy atom. The van der Waals surface area contributed by atoms with E-state index in [4.69, 9.17) is 10.5 Å². The summed E-state index contributed by atoms with van der Waals surface area (Å²) in [7, 11) is 1.68. The van der Waals surface area contributed by atoms with Crippen molar-refractivity contribution in [3.05, 3.63) is 28.2 Å². The molecule has 0 aliphatic heterocycles. The predicted molar refractivity (Wildman–Crippen MR) is 76.5 cm³/mol. The van der Waals surface area contributed by atoms with Crippen LogP contribution in [0.1, 0.15) is 32.3 Å². The van der Waals surface area contributed by atoms with Crippen LogP contribution in [0.2, 0.25) is 0 Å². The molecule has 0 heterocycles. The maximum atomic E-state index is 5.90. The lowest BCUT2D eigenvalue weighted by Gasteiger charge is -2.27. The van der Waals surface area contributed by atoms with Crippen LogP contribution in [0.5, 0.6) is 5.75 Å². The van der Waals surface area contributed by atoms with Gasteiger partial charge in [-0.2, -0.15) is 0 Å². The van der Waals surface area contributed by atoms with E-state index >= 15 is 0 Å². The SMILES string of the molecule is CCCC(C)(CN)Cc1ccc(OC)c(Br)c1. The predicted octanol–water partition coefficient (Wildman–Crippen LogP) is 3.77. The first kappa shape index (κ1) is 14.5. The monoisotopic (exact) mass is 299 g/mol. The summed E-state index contributed by atoms with van der Waals surface area (Å²) in [5.74, 6) is 0.874. The molecule has 0 bridgehead atoms. The van der Waals surface area contributed by atoms with Gasteiger partial charge in [0.15, 0.2) is 0 Å². The van der Waals surface area contributed by atoms with Crippen molar-refractivity contribution in [1.29, 1.82) is 0 Å². The lowest BCUT2D eigenvalue weighted by atomic mass is 9.80. The molecule has 1 aromatic rings. The summed E-state index contributed by atoms with van der Waals surface area (Å²) in [6.45, 7) is 5.19. The van der Waals surface area contributed by atoms with Gasteiger partial charge in [0.2, 0.25) is 0 Å². The zero-order valence-corrected chi connectivity index (χ0v) is 12.5. The first-order chi connectivity index (χ1) is 8.04. The fourth-order valence-electron chi connectivity index (χ4n) is 2.18. The molecular weight excluding hydrogens is 278 g/mol. The first-order valence-corrected chi connectivity index (χ1v) is 6.86. The second-order valence-corrected chi connectivity index (χ2v) is 5.76. The highest BCUT2D eigenvalue weighted by Gasteiger charge is 2.22. The number of ether oxygens (including phenoxy) is 1.